The summed E-state index contributed by atoms with van der Waals surface area (Å²) in [5, 5.41) is 5.39. The third-order valence-corrected chi connectivity index (χ3v) is 5.58. The molecule has 1 amide bonds. The molecule has 0 saturated heterocycles. The van der Waals surface area contributed by atoms with E-state index >= 15 is 0 Å². The Bertz CT molecular complexity index is 1120. The average Bonchev–Trinajstić information content (AvgIpc) is 3.28. The smallest absolute Gasteiger partial charge is 0.224 e. The number of benzene rings is 2. The first kappa shape index (κ1) is 18.5. The fraction of sp³-hybridized carbons (Fsp3) is 0.143. The van der Waals surface area contributed by atoms with Gasteiger partial charge in [-0.25, -0.2) is 4.98 Å². The molecule has 5 nitrogen and oxygen atoms in total. The lowest BCUT2D eigenvalue weighted by molar-refractivity contribution is -0.116. The van der Waals surface area contributed by atoms with Gasteiger partial charge in [0.25, 0.3) is 0 Å². The molecule has 4 aromatic rings. The molecule has 142 valence electrons. The van der Waals surface area contributed by atoms with E-state index in [2.05, 4.69) is 20.1 Å². The van der Waals surface area contributed by atoms with Crippen LogP contribution >= 0.6 is 22.9 Å². The molecule has 0 bridgehead atoms. The van der Waals surface area contributed by atoms with Crippen LogP contribution in [0.1, 0.15) is 12.1 Å². The summed E-state index contributed by atoms with van der Waals surface area (Å²) in [6, 6.07) is 15.3. The number of hydrogen-bond acceptors (Lipinski definition) is 4. The van der Waals surface area contributed by atoms with E-state index in [0.29, 0.717) is 29.3 Å². The molecule has 0 aliphatic heterocycles. The second-order valence-electron chi connectivity index (χ2n) is 6.27. The second-order valence-corrected chi connectivity index (χ2v) is 7.51. The molecule has 2 aromatic carbocycles. The summed E-state index contributed by atoms with van der Waals surface area (Å²) in [6.07, 6.45) is 3.02. The Morgan fingerprint density at radius 3 is 2.82 bits per heavy atom. The summed E-state index contributed by atoms with van der Waals surface area (Å²) in [4.78, 5) is 17.9. The fourth-order valence-electron chi connectivity index (χ4n) is 2.97. The van der Waals surface area contributed by atoms with E-state index < -0.39 is 0 Å². The van der Waals surface area contributed by atoms with Gasteiger partial charge in [-0.1, -0.05) is 41.9 Å². The number of carbonyl (C=O) groups is 1. The van der Waals surface area contributed by atoms with Crippen molar-refractivity contribution in [2.75, 3.05) is 12.4 Å². The number of halogens is 1. The monoisotopic (exact) mass is 411 g/mol. The SMILES string of the molecule is COc1ccc(NC(=O)CCc2csc3nc(-c4ccccc4)cn23)cc1Cl. The number of anilines is 1. The van der Waals surface area contributed by atoms with Gasteiger partial charge < -0.3 is 10.1 Å². The summed E-state index contributed by atoms with van der Waals surface area (Å²) in [6.45, 7) is 0. The minimum Gasteiger partial charge on any atom is -0.495 e. The largest absolute Gasteiger partial charge is 0.495 e. The Balaban J connectivity index is 1.43. The zero-order chi connectivity index (χ0) is 19.5. The maximum atomic E-state index is 12.3. The number of aromatic nitrogens is 2. The van der Waals surface area contributed by atoms with Gasteiger partial charge in [0.05, 0.1) is 17.8 Å². The number of aryl methyl sites for hydroxylation is 1. The van der Waals surface area contributed by atoms with Gasteiger partial charge in [-0.2, -0.15) is 0 Å². The number of carbonyl (C=O) groups excluding carboxylic acids is 1. The number of imidazole rings is 1. The Morgan fingerprint density at radius 1 is 1.25 bits per heavy atom. The van der Waals surface area contributed by atoms with Crippen LogP contribution in [0, 0.1) is 0 Å². The number of methoxy groups -OCH3 is 1. The molecule has 0 saturated carbocycles. The number of ether oxygens (including phenoxy) is 1. The van der Waals surface area contributed by atoms with Gasteiger partial charge in [-0.05, 0) is 24.6 Å². The van der Waals surface area contributed by atoms with E-state index in [0.717, 1.165) is 21.9 Å². The molecule has 2 aromatic heterocycles. The first-order valence-electron chi connectivity index (χ1n) is 8.78. The number of nitrogens with one attached hydrogen (secondary N) is 1. The highest BCUT2D eigenvalue weighted by molar-refractivity contribution is 7.15. The van der Waals surface area contributed by atoms with Crippen LogP contribution in [0.2, 0.25) is 5.02 Å². The summed E-state index contributed by atoms with van der Waals surface area (Å²) in [5.41, 5.74) is 3.74. The van der Waals surface area contributed by atoms with Gasteiger partial charge >= 0.3 is 0 Å². The summed E-state index contributed by atoms with van der Waals surface area (Å²) < 4.78 is 7.18. The van der Waals surface area contributed by atoms with Crippen molar-refractivity contribution in [2.24, 2.45) is 0 Å². The molecule has 0 aliphatic rings. The lowest BCUT2D eigenvalue weighted by Gasteiger charge is -2.08. The van der Waals surface area contributed by atoms with E-state index in [1.54, 1.807) is 36.6 Å². The molecule has 0 atom stereocenters. The number of rotatable bonds is 6. The third kappa shape index (κ3) is 3.88. The van der Waals surface area contributed by atoms with Crippen LogP contribution in [0.5, 0.6) is 5.75 Å². The van der Waals surface area contributed by atoms with Crippen molar-refractivity contribution < 1.29 is 9.53 Å². The van der Waals surface area contributed by atoms with Gasteiger partial charge in [0, 0.05) is 34.9 Å². The predicted molar refractivity (Wildman–Crippen MR) is 113 cm³/mol. The predicted octanol–water partition coefficient (Wildman–Crippen LogP) is 5.30. The van der Waals surface area contributed by atoms with E-state index in [1.807, 2.05) is 36.5 Å². The number of hydrogen-bond donors (Lipinski definition) is 1. The number of fused-ring (bicyclic) bond motifs is 1. The normalized spacial score (nSPS) is 10.9. The lowest BCUT2D eigenvalue weighted by Crippen LogP contribution is -2.12. The molecule has 2 heterocycles. The minimum atomic E-state index is -0.0658. The van der Waals surface area contributed by atoms with Crippen LogP contribution < -0.4 is 10.1 Å². The van der Waals surface area contributed by atoms with Crippen LogP contribution in [0.25, 0.3) is 16.2 Å². The lowest BCUT2D eigenvalue weighted by atomic mass is 10.2. The first-order chi connectivity index (χ1) is 13.6. The van der Waals surface area contributed by atoms with Gasteiger partial charge in [0.15, 0.2) is 4.96 Å². The molecular weight excluding hydrogens is 394 g/mol. The van der Waals surface area contributed by atoms with Crippen molar-refractivity contribution >= 4 is 39.5 Å². The zero-order valence-electron chi connectivity index (χ0n) is 15.2. The van der Waals surface area contributed by atoms with Crippen molar-refractivity contribution in [3.63, 3.8) is 0 Å². The Hall–Kier alpha value is -2.83. The van der Waals surface area contributed by atoms with E-state index in [-0.39, 0.29) is 5.91 Å². The van der Waals surface area contributed by atoms with Crippen molar-refractivity contribution in [1.29, 1.82) is 0 Å². The van der Waals surface area contributed by atoms with Gasteiger partial charge in [-0.15, -0.1) is 11.3 Å². The van der Waals surface area contributed by atoms with Crippen LogP contribution in [0.15, 0.2) is 60.1 Å². The summed E-state index contributed by atoms with van der Waals surface area (Å²) >= 11 is 7.68. The fourth-order valence-corrected chi connectivity index (χ4v) is 4.13. The van der Waals surface area contributed by atoms with Crippen LogP contribution in [0.4, 0.5) is 5.69 Å². The van der Waals surface area contributed by atoms with Crippen LogP contribution in [0.3, 0.4) is 0 Å². The molecule has 28 heavy (non-hydrogen) atoms. The van der Waals surface area contributed by atoms with Gasteiger partial charge in [0.2, 0.25) is 5.91 Å². The first-order valence-corrected chi connectivity index (χ1v) is 10.0. The van der Waals surface area contributed by atoms with Crippen molar-refractivity contribution in [2.45, 2.75) is 12.8 Å². The molecule has 0 unspecified atom stereocenters. The number of nitrogens with zero attached hydrogens (tertiary/aromatic N) is 2. The molecule has 4 rings (SSSR count). The molecule has 0 spiro atoms. The van der Waals surface area contributed by atoms with Crippen LogP contribution in [-0.2, 0) is 11.2 Å². The maximum absolute atomic E-state index is 12.3. The Morgan fingerprint density at radius 2 is 2.07 bits per heavy atom. The standard InChI is InChI=1S/C21H18ClN3O2S/c1-27-19-9-7-15(11-17(19)22)23-20(26)10-8-16-13-28-21-24-18(12-25(16)21)14-5-3-2-4-6-14/h2-7,9,11-13H,8,10H2,1H3,(H,23,26). The molecule has 7 heteroatoms. The average molecular weight is 412 g/mol. The number of thiazole rings is 1. The minimum absolute atomic E-state index is 0.0658. The maximum Gasteiger partial charge on any atom is 0.224 e. The van der Waals surface area contributed by atoms with Crippen LogP contribution in [-0.4, -0.2) is 22.4 Å². The van der Waals surface area contributed by atoms with E-state index in [9.17, 15) is 4.79 Å². The highest BCUT2D eigenvalue weighted by Crippen LogP contribution is 2.27. The molecule has 0 radical (unpaired) electrons. The quantitative estimate of drug-likeness (QED) is 0.468. The Kier molecular flexibility index (Phi) is 5.32. The second kappa shape index (κ2) is 8.04. The highest BCUT2D eigenvalue weighted by atomic mass is 35.5. The molecular formula is C21H18ClN3O2S. The third-order valence-electron chi connectivity index (χ3n) is 4.40. The summed E-state index contributed by atoms with van der Waals surface area (Å²) in [7, 11) is 1.56. The van der Waals surface area contributed by atoms with Crippen molar-refractivity contribution in [3.8, 4) is 17.0 Å². The number of amides is 1. The molecule has 1 N–H and O–H groups in total. The highest BCUT2D eigenvalue weighted by Gasteiger charge is 2.12. The van der Waals surface area contributed by atoms with Crippen molar-refractivity contribution in [1.82, 2.24) is 9.38 Å². The molecule has 0 fully saturated rings. The van der Waals surface area contributed by atoms with Gasteiger partial charge in [0.1, 0.15) is 5.75 Å². The zero-order valence-corrected chi connectivity index (χ0v) is 16.8. The Labute approximate surface area is 171 Å². The van der Waals surface area contributed by atoms with Crippen molar-refractivity contribution in [3.05, 3.63) is 70.8 Å². The molecule has 0 aliphatic carbocycles. The topological polar surface area (TPSA) is 55.6 Å². The summed E-state index contributed by atoms with van der Waals surface area (Å²) in [5.74, 6) is 0.513. The van der Waals surface area contributed by atoms with E-state index in [1.165, 1.54) is 0 Å². The van der Waals surface area contributed by atoms with Gasteiger partial charge in [-0.3, -0.25) is 9.20 Å². The van der Waals surface area contributed by atoms with E-state index in [4.69, 9.17) is 16.3 Å².